The van der Waals surface area contributed by atoms with Crippen molar-refractivity contribution in [2.24, 2.45) is 0 Å². The minimum absolute atomic E-state index is 0.0255. The van der Waals surface area contributed by atoms with E-state index in [-0.39, 0.29) is 5.91 Å². The summed E-state index contributed by atoms with van der Waals surface area (Å²) >= 11 is 17.7. The van der Waals surface area contributed by atoms with Crippen molar-refractivity contribution in [3.05, 3.63) is 68.7 Å². The molecule has 1 N–H and O–H groups in total. The molecule has 110 valence electrons. The van der Waals surface area contributed by atoms with E-state index in [2.05, 4.69) is 5.32 Å². The highest BCUT2D eigenvalue weighted by atomic mass is 35.5. The van der Waals surface area contributed by atoms with Gasteiger partial charge in [0.25, 0.3) is 0 Å². The maximum absolute atomic E-state index is 11.8. The van der Waals surface area contributed by atoms with Gasteiger partial charge in [-0.3, -0.25) is 4.79 Å². The van der Waals surface area contributed by atoms with Gasteiger partial charge in [0.05, 0.1) is 6.42 Å². The fourth-order valence-corrected chi connectivity index (χ4v) is 2.54. The summed E-state index contributed by atoms with van der Waals surface area (Å²) in [5.41, 5.74) is 1.90. The van der Waals surface area contributed by atoms with Crippen molar-refractivity contribution in [2.45, 2.75) is 12.8 Å². The van der Waals surface area contributed by atoms with Crippen molar-refractivity contribution in [2.75, 3.05) is 6.54 Å². The first-order valence-corrected chi connectivity index (χ1v) is 7.63. The number of hydrogen-bond acceptors (Lipinski definition) is 1. The topological polar surface area (TPSA) is 29.1 Å². The second-order valence-electron chi connectivity index (χ2n) is 4.64. The summed E-state index contributed by atoms with van der Waals surface area (Å²) < 4.78 is 0. The van der Waals surface area contributed by atoms with Gasteiger partial charge in [-0.2, -0.15) is 0 Å². The lowest BCUT2D eigenvalue weighted by atomic mass is 10.1. The maximum atomic E-state index is 11.8. The molecule has 2 aromatic rings. The molecule has 0 aliphatic rings. The number of rotatable bonds is 5. The Kier molecular flexibility index (Phi) is 5.92. The van der Waals surface area contributed by atoms with Crippen molar-refractivity contribution in [1.29, 1.82) is 0 Å². The fourth-order valence-electron chi connectivity index (χ4n) is 1.91. The van der Waals surface area contributed by atoms with E-state index in [1.54, 1.807) is 24.3 Å². The maximum Gasteiger partial charge on any atom is 0.224 e. The van der Waals surface area contributed by atoms with Gasteiger partial charge in [0.15, 0.2) is 0 Å². The molecular formula is C16H14Cl3NO. The summed E-state index contributed by atoms with van der Waals surface area (Å²) in [6.45, 7) is 0.535. The fraction of sp³-hybridized carbons (Fsp3) is 0.188. The van der Waals surface area contributed by atoms with E-state index >= 15 is 0 Å². The predicted molar refractivity (Wildman–Crippen MR) is 88.3 cm³/mol. The summed E-state index contributed by atoms with van der Waals surface area (Å²) in [6.07, 6.45) is 1.01. The Morgan fingerprint density at radius 3 is 2.29 bits per heavy atom. The van der Waals surface area contributed by atoms with E-state index in [9.17, 15) is 4.79 Å². The van der Waals surface area contributed by atoms with Crippen LogP contribution in [0.3, 0.4) is 0 Å². The quantitative estimate of drug-likeness (QED) is 0.848. The molecule has 2 rings (SSSR count). The first-order chi connectivity index (χ1) is 10.0. The Hall–Kier alpha value is -1.22. The van der Waals surface area contributed by atoms with Gasteiger partial charge in [0.1, 0.15) is 0 Å². The molecule has 0 saturated carbocycles. The van der Waals surface area contributed by atoms with Crippen LogP contribution in [-0.4, -0.2) is 12.5 Å². The van der Waals surface area contributed by atoms with Gasteiger partial charge in [0, 0.05) is 21.6 Å². The second kappa shape index (κ2) is 7.69. The Balaban J connectivity index is 1.80. The van der Waals surface area contributed by atoms with Crippen LogP contribution in [0.2, 0.25) is 15.1 Å². The van der Waals surface area contributed by atoms with E-state index in [1.807, 2.05) is 18.2 Å². The summed E-state index contributed by atoms with van der Waals surface area (Å²) in [4.78, 5) is 11.8. The van der Waals surface area contributed by atoms with E-state index in [4.69, 9.17) is 34.8 Å². The first-order valence-electron chi connectivity index (χ1n) is 6.49. The van der Waals surface area contributed by atoms with Gasteiger partial charge in [-0.1, -0.05) is 53.0 Å². The minimum atomic E-state index is -0.0255. The lowest BCUT2D eigenvalue weighted by Gasteiger charge is -2.07. The minimum Gasteiger partial charge on any atom is -0.355 e. The molecule has 0 radical (unpaired) electrons. The molecule has 0 saturated heterocycles. The van der Waals surface area contributed by atoms with Crippen molar-refractivity contribution in [3.8, 4) is 0 Å². The van der Waals surface area contributed by atoms with Crippen LogP contribution in [0.15, 0.2) is 42.5 Å². The van der Waals surface area contributed by atoms with Crippen LogP contribution in [0.5, 0.6) is 0 Å². The number of benzene rings is 2. The van der Waals surface area contributed by atoms with Gasteiger partial charge in [-0.05, 0) is 41.8 Å². The zero-order valence-corrected chi connectivity index (χ0v) is 13.5. The third-order valence-corrected chi connectivity index (χ3v) is 3.85. The van der Waals surface area contributed by atoms with Crippen molar-refractivity contribution >= 4 is 40.7 Å². The van der Waals surface area contributed by atoms with Crippen LogP contribution in [0.1, 0.15) is 11.1 Å². The number of nitrogens with one attached hydrogen (secondary N) is 1. The molecule has 1 amide bonds. The molecule has 2 aromatic carbocycles. The molecule has 5 heteroatoms. The molecule has 0 spiro atoms. The molecule has 0 unspecified atom stereocenters. The van der Waals surface area contributed by atoms with E-state index < -0.39 is 0 Å². The molecule has 0 atom stereocenters. The molecule has 2 nitrogen and oxygen atoms in total. The average Bonchev–Trinajstić information content (AvgIpc) is 2.44. The molecule has 0 bridgehead atoms. The van der Waals surface area contributed by atoms with Crippen LogP contribution in [0.25, 0.3) is 0 Å². The lowest BCUT2D eigenvalue weighted by molar-refractivity contribution is -0.120. The Morgan fingerprint density at radius 2 is 1.62 bits per heavy atom. The van der Waals surface area contributed by atoms with Crippen LogP contribution >= 0.6 is 34.8 Å². The van der Waals surface area contributed by atoms with Crippen molar-refractivity contribution in [1.82, 2.24) is 5.32 Å². The Bertz CT molecular complexity index is 626. The molecule has 0 fully saturated rings. The normalized spacial score (nSPS) is 10.4. The predicted octanol–water partition coefficient (Wildman–Crippen LogP) is 4.55. The van der Waals surface area contributed by atoms with E-state index in [1.165, 1.54) is 0 Å². The van der Waals surface area contributed by atoms with E-state index in [0.29, 0.717) is 34.5 Å². The van der Waals surface area contributed by atoms with Crippen molar-refractivity contribution < 1.29 is 4.79 Å². The molecular weight excluding hydrogens is 329 g/mol. The molecule has 0 heterocycles. The third kappa shape index (κ3) is 5.24. The highest BCUT2D eigenvalue weighted by Crippen LogP contribution is 2.21. The average molecular weight is 343 g/mol. The monoisotopic (exact) mass is 341 g/mol. The lowest BCUT2D eigenvalue weighted by Crippen LogP contribution is -2.27. The summed E-state index contributed by atoms with van der Waals surface area (Å²) in [6, 6.07) is 12.6. The van der Waals surface area contributed by atoms with Crippen LogP contribution in [0.4, 0.5) is 0 Å². The third-order valence-electron chi connectivity index (χ3n) is 3.01. The van der Waals surface area contributed by atoms with Gasteiger partial charge in [-0.15, -0.1) is 0 Å². The van der Waals surface area contributed by atoms with Gasteiger partial charge in [-0.25, -0.2) is 0 Å². The number of hydrogen-bond donors (Lipinski definition) is 1. The smallest absolute Gasteiger partial charge is 0.224 e. The number of carbonyl (C=O) groups is 1. The summed E-state index contributed by atoms with van der Waals surface area (Å²) in [5, 5.41) is 4.76. The van der Waals surface area contributed by atoms with Crippen molar-refractivity contribution in [3.63, 3.8) is 0 Å². The Labute approximate surface area is 139 Å². The highest BCUT2D eigenvalue weighted by Gasteiger charge is 2.05. The SMILES string of the molecule is O=C(Cc1ccc(Cl)cc1)NCCc1ccc(Cl)cc1Cl. The van der Waals surface area contributed by atoms with Gasteiger partial charge in [0.2, 0.25) is 5.91 Å². The largest absolute Gasteiger partial charge is 0.355 e. The zero-order chi connectivity index (χ0) is 15.2. The van der Waals surface area contributed by atoms with E-state index in [0.717, 1.165) is 11.1 Å². The standard InChI is InChI=1S/C16H14Cl3NO/c17-13-4-1-11(2-5-13)9-16(21)20-8-7-12-3-6-14(18)10-15(12)19/h1-6,10H,7-9H2,(H,20,21). The van der Waals surface area contributed by atoms with Crippen LogP contribution in [-0.2, 0) is 17.6 Å². The zero-order valence-electron chi connectivity index (χ0n) is 11.2. The first kappa shape index (κ1) is 16.2. The van der Waals surface area contributed by atoms with Crippen LogP contribution < -0.4 is 5.32 Å². The Morgan fingerprint density at radius 1 is 0.952 bits per heavy atom. The highest BCUT2D eigenvalue weighted by molar-refractivity contribution is 6.35. The van der Waals surface area contributed by atoms with Gasteiger partial charge >= 0.3 is 0 Å². The van der Waals surface area contributed by atoms with Gasteiger partial charge < -0.3 is 5.32 Å². The molecule has 21 heavy (non-hydrogen) atoms. The summed E-state index contributed by atoms with van der Waals surface area (Å²) in [5.74, 6) is -0.0255. The molecule has 0 aliphatic carbocycles. The second-order valence-corrected chi connectivity index (χ2v) is 5.92. The molecule has 0 aliphatic heterocycles. The number of amides is 1. The summed E-state index contributed by atoms with van der Waals surface area (Å²) in [7, 11) is 0. The number of halogens is 3. The number of carbonyl (C=O) groups excluding carboxylic acids is 1. The van der Waals surface area contributed by atoms with Crippen LogP contribution in [0, 0.1) is 0 Å². The molecule has 0 aromatic heterocycles.